The summed E-state index contributed by atoms with van der Waals surface area (Å²) < 4.78 is 66.7. The molecule has 6 nitrogen and oxygen atoms in total. The Hall–Kier alpha value is -2.75. The Morgan fingerprint density at radius 3 is 2.55 bits per heavy atom. The smallest absolute Gasteiger partial charge is 0.405 e. The number of para-hydroxylation sites is 1. The average Bonchev–Trinajstić information content (AvgIpc) is 3.05. The van der Waals surface area contributed by atoms with Gasteiger partial charge < -0.3 is 9.64 Å². The molecule has 29 heavy (non-hydrogen) atoms. The van der Waals surface area contributed by atoms with E-state index >= 15 is 0 Å². The van der Waals surface area contributed by atoms with Crippen molar-refractivity contribution in [2.24, 2.45) is 0 Å². The van der Waals surface area contributed by atoms with Gasteiger partial charge in [-0.05, 0) is 36.2 Å². The number of carbonyl (C=O) groups is 1. The first kappa shape index (κ1) is 21.0. The summed E-state index contributed by atoms with van der Waals surface area (Å²) in [6.07, 6.45) is -3.23. The first-order chi connectivity index (χ1) is 13.5. The van der Waals surface area contributed by atoms with Gasteiger partial charge in [-0.2, -0.15) is 0 Å². The van der Waals surface area contributed by atoms with Gasteiger partial charge in [-0.25, -0.2) is 8.42 Å². The number of nitrogens with zero attached hydrogens (tertiary/aromatic N) is 2. The van der Waals surface area contributed by atoms with Crippen LogP contribution in [0.25, 0.3) is 0 Å². The number of alkyl halides is 3. The van der Waals surface area contributed by atoms with E-state index in [1.807, 2.05) is 0 Å². The average molecular weight is 428 g/mol. The highest BCUT2D eigenvalue weighted by Crippen LogP contribution is 2.31. The standard InChI is InChI=1S/C19H19F3N2O4S/c1-23(12-15-5-3-4-6-17(15)28-19(20,21)22)18(25)14-7-8-16-13(11-14)9-10-24(16)29(2,26)27/h3-8,11H,9-10,12H2,1-2H3. The normalized spacial score (nSPS) is 13.9. The van der Waals surface area contributed by atoms with Crippen molar-refractivity contribution in [2.45, 2.75) is 19.3 Å². The van der Waals surface area contributed by atoms with E-state index in [0.29, 0.717) is 24.2 Å². The topological polar surface area (TPSA) is 66.9 Å². The molecule has 0 saturated heterocycles. The van der Waals surface area contributed by atoms with Crippen LogP contribution in [0.1, 0.15) is 21.5 Å². The Morgan fingerprint density at radius 2 is 1.90 bits per heavy atom. The van der Waals surface area contributed by atoms with Crippen molar-refractivity contribution in [3.63, 3.8) is 0 Å². The molecule has 0 spiro atoms. The van der Waals surface area contributed by atoms with Crippen LogP contribution in [-0.2, 0) is 23.0 Å². The molecular weight excluding hydrogens is 409 g/mol. The quantitative estimate of drug-likeness (QED) is 0.734. The van der Waals surface area contributed by atoms with Crippen molar-refractivity contribution in [1.82, 2.24) is 4.90 Å². The van der Waals surface area contributed by atoms with Gasteiger partial charge in [0.25, 0.3) is 5.91 Å². The molecule has 0 aromatic heterocycles. The maximum atomic E-state index is 12.8. The van der Waals surface area contributed by atoms with E-state index in [0.717, 1.165) is 11.8 Å². The van der Waals surface area contributed by atoms with Crippen molar-refractivity contribution >= 4 is 21.6 Å². The summed E-state index contributed by atoms with van der Waals surface area (Å²) in [4.78, 5) is 14.0. The van der Waals surface area contributed by atoms with Crippen molar-refractivity contribution in [1.29, 1.82) is 0 Å². The van der Waals surface area contributed by atoms with Crippen molar-refractivity contribution in [3.8, 4) is 5.75 Å². The highest BCUT2D eigenvalue weighted by atomic mass is 32.2. The lowest BCUT2D eigenvalue weighted by Crippen LogP contribution is -2.28. The molecule has 0 unspecified atom stereocenters. The summed E-state index contributed by atoms with van der Waals surface area (Å²) >= 11 is 0. The monoisotopic (exact) mass is 428 g/mol. The van der Waals surface area contributed by atoms with Crippen molar-refractivity contribution in [3.05, 3.63) is 59.2 Å². The lowest BCUT2D eigenvalue weighted by molar-refractivity contribution is -0.275. The van der Waals surface area contributed by atoms with Gasteiger partial charge in [-0.1, -0.05) is 18.2 Å². The number of benzene rings is 2. The summed E-state index contributed by atoms with van der Waals surface area (Å²) in [6, 6.07) is 10.3. The summed E-state index contributed by atoms with van der Waals surface area (Å²) in [5.74, 6) is -0.759. The third-order valence-electron chi connectivity index (χ3n) is 4.53. The number of ether oxygens (including phenoxy) is 1. The van der Waals surface area contributed by atoms with Gasteiger partial charge in [0, 0.05) is 31.3 Å². The van der Waals surface area contributed by atoms with Crippen LogP contribution in [0.2, 0.25) is 0 Å². The van der Waals surface area contributed by atoms with Crippen LogP contribution in [0.5, 0.6) is 5.75 Å². The van der Waals surface area contributed by atoms with Crippen molar-refractivity contribution in [2.75, 3.05) is 24.2 Å². The molecule has 0 saturated carbocycles. The number of fused-ring (bicyclic) bond motifs is 1. The number of halogens is 3. The second-order valence-corrected chi connectivity index (χ2v) is 8.65. The molecule has 1 heterocycles. The molecule has 3 rings (SSSR count). The number of carbonyl (C=O) groups excluding carboxylic acids is 1. The lowest BCUT2D eigenvalue weighted by Gasteiger charge is -2.21. The minimum Gasteiger partial charge on any atom is -0.405 e. The van der Waals surface area contributed by atoms with Crippen LogP contribution < -0.4 is 9.04 Å². The van der Waals surface area contributed by atoms with Gasteiger partial charge in [0.15, 0.2) is 0 Å². The highest BCUT2D eigenvalue weighted by molar-refractivity contribution is 7.92. The van der Waals surface area contributed by atoms with E-state index in [1.165, 1.54) is 40.5 Å². The van der Waals surface area contributed by atoms with Crippen LogP contribution in [0.3, 0.4) is 0 Å². The van der Waals surface area contributed by atoms with Gasteiger partial charge in [0.1, 0.15) is 5.75 Å². The molecule has 156 valence electrons. The zero-order valence-electron chi connectivity index (χ0n) is 15.7. The van der Waals surface area contributed by atoms with Gasteiger partial charge >= 0.3 is 6.36 Å². The fourth-order valence-electron chi connectivity index (χ4n) is 3.26. The number of amides is 1. The molecule has 0 N–H and O–H groups in total. The summed E-state index contributed by atoms with van der Waals surface area (Å²) in [6.45, 7) is 0.224. The number of hydrogen-bond donors (Lipinski definition) is 0. The molecule has 10 heteroatoms. The molecule has 0 radical (unpaired) electrons. The highest BCUT2D eigenvalue weighted by Gasteiger charge is 2.32. The second-order valence-electron chi connectivity index (χ2n) is 6.75. The Labute approximate surface area is 166 Å². The predicted octanol–water partition coefficient (Wildman–Crippen LogP) is 3.18. The minimum atomic E-state index is -4.83. The van der Waals surface area contributed by atoms with E-state index in [1.54, 1.807) is 18.2 Å². The molecule has 1 aliphatic rings. The van der Waals surface area contributed by atoms with E-state index in [2.05, 4.69) is 4.74 Å². The molecule has 0 aliphatic carbocycles. The zero-order chi connectivity index (χ0) is 21.4. The lowest BCUT2D eigenvalue weighted by atomic mass is 10.1. The molecule has 2 aromatic carbocycles. The Bertz CT molecular complexity index is 1040. The Morgan fingerprint density at radius 1 is 1.21 bits per heavy atom. The number of hydrogen-bond acceptors (Lipinski definition) is 4. The number of rotatable bonds is 5. The predicted molar refractivity (Wildman–Crippen MR) is 101 cm³/mol. The molecule has 0 fully saturated rings. The van der Waals surface area contributed by atoms with Gasteiger partial charge in [0.2, 0.25) is 10.0 Å². The van der Waals surface area contributed by atoms with E-state index in [9.17, 15) is 26.4 Å². The third kappa shape index (κ3) is 4.81. The maximum Gasteiger partial charge on any atom is 0.573 e. The number of anilines is 1. The van der Waals surface area contributed by atoms with Crippen LogP contribution >= 0.6 is 0 Å². The number of sulfonamides is 1. The molecule has 0 atom stereocenters. The molecule has 2 aromatic rings. The van der Waals surface area contributed by atoms with Gasteiger partial charge in [0.05, 0.1) is 11.9 Å². The minimum absolute atomic E-state index is 0.0857. The second kappa shape index (κ2) is 7.58. The van der Waals surface area contributed by atoms with E-state index < -0.39 is 22.3 Å². The molecule has 1 amide bonds. The first-order valence-corrected chi connectivity index (χ1v) is 10.5. The van der Waals surface area contributed by atoms with Crippen LogP contribution in [0.15, 0.2) is 42.5 Å². The molecule has 1 aliphatic heterocycles. The maximum absolute atomic E-state index is 12.8. The summed E-state index contributed by atoms with van der Waals surface area (Å²) in [5.41, 5.74) is 1.81. The van der Waals surface area contributed by atoms with Crippen molar-refractivity contribution < 1.29 is 31.1 Å². The fraction of sp³-hybridized carbons (Fsp3) is 0.316. The van der Waals surface area contributed by atoms with E-state index in [-0.39, 0.29) is 17.9 Å². The molecular formula is C19H19F3N2O4S. The summed E-state index contributed by atoms with van der Waals surface area (Å²) in [5, 5.41) is 0. The fourth-order valence-corrected chi connectivity index (χ4v) is 4.21. The largest absolute Gasteiger partial charge is 0.573 e. The first-order valence-electron chi connectivity index (χ1n) is 8.65. The third-order valence-corrected chi connectivity index (χ3v) is 5.71. The SMILES string of the molecule is CN(Cc1ccccc1OC(F)(F)F)C(=O)c1ccc2c(c1)CCN2S(C)(=O)=O. The summed E-state index contributed by atoms with van der Waals surface area (Å²) in [7, 11) is -1.92. The van der Waals surface area contributed by atoms with Gasteiger partial charge in [-0.15, -0.1) is 13.2 Å². The van der Waals surface area contributed by atoms with Crippen LogP contribution in [0, 0.1) is 0 Å². The molecule has 0 bridgehead atoms. The zero-order valence-corrected chi connectivity index (χ0v) is 16.5. The van der Waals surface area contributed by atoms with Crippen LogP contribution in [-0.4, -0.2) is 45.4 Å². The van der Waals surface area contributed by atoms with Crippen LogP contribution in [0.4, 0.5) is 18.9 Å². The van der Waals surface area contributed by atoms with E-state index in [4.69, 9.17) is 0 Å². The van der Waals surface area contributed by atoms with Gasteiger partial charge in [-0.3, -0.25) is 9.10 Å². The Balaban J connectivity index is 1.79. The Kier molecular flexibility index (Phi) is 5.48.